The predicted molar refractivity (Wildman–Crippen MR) is 63.8 cm³/mol. The molecule has 0 spiro atoms. The van der Waals surface area contributed by atoms with Crippen LogP contribution in [-0.4, -0.2) is 54.6 Å². The van der Waals surface area contributed by atoms with Gasteiger partial charge in [0.2, 0.25) is 5.91 Å². The fourth-order valence-electron chi connectivity index (χ4n) is 1.40. The fraction of sp³-hybridized carbons (Fsp3) is 0.889. The minimum Gasteiger partial charge on any atom is -0.379 e. The first-order valence-corrected chi connectivity index (χ1v) is 6.48. The van der Waals surface area contributed by atoms with Crippen molar-refractivity contribution >= 4 is 28.5 Å². The van der Waals surface area contributed by atoms with Gasteiger partial charge in [0.05, 0.1) is 17.6 Å². The Labute approximate surface area is 98.5 Å². The highest BCUT2D eigenvalue weighted by atomic mass is 127. The summed E-state index contributed by atoms with van der Waals surface area (Å²) in [5.41, 5.74) is 0. The molecule has 1 heterocycles. The van der Waals surface area contributed by atoms with Crippen LogP contribution in [0, 0.1) is 0 Å². The summed E-state index contributed by atoms with van der Waals surface area (Å²) in [7, 11) is 0. The van der Waals surface area contributed by atoms with E-state index < -0.39 is 0 Å². The normalized spacial score (nSPS) is 18.1. The van der Waals surface area contributed by atoms with Crippen LogP contribution in [0.5, 0.6) is 0 Å². The minimum absolute atomic E-state index is 0.132. The SMILES string of the molecule is O=C(CI)NCCCN1CCOCC1. The van der Waals surface area contributed by atoms with E-state index in [9.17, 15) is 4.79 Å². The topological polar surface area (TPSA) is 41.6 Å². The largest absolute Gasteiger partial charge is 0.379 e. The quantitative estimate of drug-likeness (QED) is 0.450. The van der Waals surface area contributed by atoms with E-state index in [2.05, 4.69) is 32.8 Å². The Kier molecular flexibility index (Phi) is 6.46. The van der Waals surface area contributed by atoms with Crippen molar-refractivity contribution in [3.05, 3.63) is 0 Å². The third-order valence-corrected chi connectivity index (χ3v) is 2.89. The number of halogens is 1. The molecule has 5 heteroatoms. The van der Waals surface area contributed by atoms with Gasteiger partial charge in [-0.15, -0.1) is 0 Å². The Morgan fingerprint density at radius 3 is 2.79 bits per heavy atom. The molecule has 1 fully saturated rings. The molecule has 1 saturated heterocycles. The maximum absolute atomic E-state index is 10.9. The van der Waals surface area contributed by atoms with E-state index in [0.29, 0.717) is 4.43 Å². The van der Waals surface area contributed by atoms with Crippen molar-refractivity contribution in [2.24, 2.45) is 0 Å². The summed E-state index contributed by atoms with van der Waals surface area (Å²) in [6.07, 6.45) is 1.03. The number of carbonyl (C=O) groups is 1. The van der Waals surface area contributed by atoms with Crippen LogP contribution >= 0.6 is 22.6 Å². The lowest BCUT2D eigenvalue weighted by Gasteiger charge is -2.26. The molecule has 1 aliphatic rings. The Hall–Kier alpha value is 0.120. The molecule has 1 N–H and O–H groups in total. The van der Waals surface area contributed by atoms with E-state index in [-0.39, 0.29) is 5.91 Å². The zero-order chi connectivity index (χ0) is 10.2. The van der Waals surface area contributed by atoms with Crippen LogP contribution in [0.2, 0.25) is 0 Å². The Bertz CT molecular complexity index is 172. The van der Waals surface area contributed by atoms with Crippen LogP contribution in [0.25, 0.3) is 0 Å². The van der Waals surface area contributed by atoms with Gasteiger partial charge >= 0.3 is 0 Å². The van der Waals surface area contributed by atoms with Gasteiger partial charge in [0, 0.05) is 19.6 Å². The zero-order valence-corrected chi connectivity index (χ0v) is 10.5. The van der Waals surface area contributed by atoms with Crippen LogP contribution < -0.4 is 5.32 Å². The second kappa shape index (κ2) is 7.42. The fourth-order valence-corrected chi connectivity index (χ4v) is 1.67. The van der Waals surface area contributed by atoms with Gasteiger partial charge in [-0.1, -0.05) is 22.6 Å². The molecule has 0 atom stereocenters. The molecule has 0 aliphatic carbocycles. The standard InChI is InChI=1S/C9H17IN2O2/c10-8-9(13)11-2-1-3-12-4-6-14-7-5-12/h1-8H2,(H,11,13). The molecule has 1 rings (SSSR count). The number of ether oxygens (including phenoxy) is 1. The lowest BCUT2D eigenvalue weighted by atomic mass is 10.3. The number of carbonyl (C=O) groups excluding carboxylic acids is 1. The van der Waals surface area contributed by atoms with Crippen molar-refractivity contribution in [1.82, 2.24) is 10.2 Å². The zero-order valence-electron chi connectivity index (χ0n) is 8.30. The predicted octanol–water partition coefficient (Wildman–Crippen LogP) is 0.260. The number of nitrogens with one attached hydrogen (secondary N) is 1. The van der Waals surface area contributed by atoms with E-state index >= 15 is 0 Å². The highest BCUT2D eigenvalue weighted by Crippen LogP contribution is 1.97. The van der Waals surface area contributed by atoms with Crippen LogP contribution in [0.4, 0.5) is 0 Å². The van der Waals surface area contributed by atoms with E-state index in [4.69, 9.17) is 4.74 Å². The molecule has 1 aliphatic heterocycles. The number of alkyl halides is 1. The summed E-state index contributed by atoms with van der Waals surface area (Å²) in [6.45, 7) is 5.60. The number of hydrogen-bond donors (Lipinski definition) is 1. The van der Waals surface area contributed by atoms with Gasteiger partial charge in [0.1, 0.15) is 0 Å². The Morgan fingerprint density at radius 2 is 2.14 bits per heavy atom. The average molecular weight is 312 g/mol. The molecule has 0 radical (unpaired) electrons. The molecule has 0 bridgehead atoms. The van der Waals surface area contributed by atoms with E-state index in [1.807, 2.05) is 0 Å². The first-order chi connectivity index (χ1) is 6.83. The summed E-state index contributed by atoms with van der Waals surface area (Å²) in [6, 6.07) is 0. The summed E-state index contributed by atoms with van der Waals surface area (Å²) in [5.74, 6) is 0.132. The summed E-state index contributed by atoms with van der Waals surface area (Å²) in [4.78, 5) is 13.3. The van der Waals surface area contributed by atoms with Crippen LogP contribution in [0.1, 0.15) is 6.42 Å². The summed E-state index contributed by atoms with van der Waals surface area (Å²) >= 11 is 2.07. The van der Waals surface area contributed by atoms with E-state index in [1.54, 1.807) is 0 Å². The third-order valence-electron chi connectivity index (χ3n) is 2.20. The van der Waals surface area contributed by atoms with E-state index in [1.165, 1.54) is 0 Å². The number of morpholine rings is 1. The second-order valence-corrected chi connectivity index (χ2v) is 4.05. The van der Waals surface area contributed by atoms with Crippen LogP contribution in [-0.2, 0) is 9.53 Å². The monoisotopic (exact) mass is 312 g/mol. The molecule has 0 aromatic heterocycles. The van der Waals surface area contributed by atoms with Gasteiger partial charge in [0.15, 0.2) is 0 Å². The molecule has 0 saturated carbocycles. The lowest BCUT2D eigenvalue weighted by molar-refractivity contribution is -0.118. The smallest absolute Gasteiger partial charge is 0.229 e. The number of rotatable bonds is 5. The summed E-state index contributed by atoms with van der Waals surface area (Å²) < 4.78 is 5.80. The van der Waals surface area contributed by atoms with Gasteiger partial charge in [-0.05, 0) is 13.0 Å². The molecule has 82 valence electrons. The molecular weight excluding hydrogens is 295 g/mol. The highest BCUT2D eigenvalue weighted by Gasteiger charge is 2.09. The van der Waals surface area contributed by atoms with Gasteiger partial charge < -0.3 is 10.1 Å². The summed E-state index contributed by atoms with van der Waals surface area (Å²) in [5, 5.41) is 2.87. The van der Waals surface area contributed by atoms with E-state index in [0.717, 1.165) is 45.8 Å². The minimum atomic E-state index is 0.132. The molecular formula is C9H17IN2O2. The third kappa shape index (κ3) is 5.11. The second-order valence-electron chi connectivity index (χ2n) is 3.29. The molecule has 0 aromatic rings. The number of amides is 1. The van der Waals surface area contributed by atoms with Crippen LogP contribution in [0.15, 0.2) is 0 Å². The Balaban J connectivity index is 1.94. The Morgan fingerprint density at radius 1 is 1.43 bits per heavy atom. The van der Waals surface area contributed by atoms with Gasteiger partial charge in [-0.2, -0.15) is 0 Å². The molecule has 14 heavy (non-hydrogen) atoms. The lowest BCUT2D eigenvalue weighted by Crippen LogP contribution is -2.38. The molecule has 4 nitrogen and oxygen atoms in total. The van der Waals surface area contributed by atoms with Gasteiger partial charge in [-0.25, -0.2) is 0 Å². The average Bonchev–Trinajstić information content (AvgIpc) is 2.25. The first kappa shape index (κ1) is 12.2. The van der Waals surface area contributed by atoms with Crippen molar-refractivity contribution in [1.29, 1.82) is 0 Å². The van der Waals surface area contributed by atoms with Crippen LogP contribution in [0.3, 0.4) is 0 Å². The van der Waals surface area contributed by atoms with Crippen molar-refractivity contribution in [2.75, 3.05) is 43.8 Å². The van der Waals surface area contributed by atoms with Gasteiger partial charge in [-0.3, -0.25) is 9.69 Å². The van der Waals surface area contributed by atoms with Crippen molar-refractivity contribution in [2.45, 2.75) is 6.42 Å². The van der Waals surface area contributed by atoms with Crippen molar-refractivity contribution in [3.8, 4) is 0 Å². The maximum Gasteiger partial charge on any atom is 0.229 e. The maximum atomic E-state index is 10.9. The molecule has 1 amide bonds. The van der Waals surface area contributed by atoms with Crippen molar-refractivity contribution in [3.63, 3.8) is 0 Å². The number of nitrogens with zero attached hydrogens (tertiary/aromatic N) is 1. The molecule has 0 unspecified atom stereocenters. The number of hydrogen-bond acceptors (Lipinski definition) is 3. The van der Waals surface area contributed by atoms with Gasteiger partial charge in [0.25, 0.3) is 0 Å². The highest BCUT2D eigenvalue weighted by molar-refractivity contribution is 14.1. The van der Waals surface area contributed by atoms with Crippen molar-refractivity contribution < 1.29 is 9.53 Å². The molecule has 0 aromatic carbocycles. The first-order valence-electron chi connectivity index (χ1n) is 4.95.